The van der Waals surface area contributed by atoms with E-state index >= 15 is 0 Å². The van der Waals surface area contributed by atoms with Crippen molar-refractivity contribution in [3.05, 3.63) is 80.1 Å². The van der Waals surface area contributed by atoms with Gasteiger partial charge in [-0.15, -0.1) is 11.3 Å². The maximum atomic E-state index is 12.9. The molecule has 0 bridgehead atoms. The van der Waals surface area contributed by atoms with Gasteiger partial charge in [-0.05, 0) is 60.9 Å². The molecular formula is C27H26Cl2N4O5S. The van der Waals surface area contributed by atoms with Crippen molar-refractivity contribution in [2.24, 2.45) is 5.73 Å². The number of rotatable bonds is 12. The van der Waals surface area contributed by atoms with Crippen molar-refractivity contribution >= 4 is 63.9 Å². The number of Topliss-reactive ketones (excluding diaryl/α,β-unsaturated/α-hetero) is 1. The molecule has 0 saturated carbocycles. The molecule has 2 aromatic carbocycles. The highest BCUT2D eigenvalue weighted by Crippen LogP contribution is 2.35. The van der Waals surface area contributed by atoms with Crippen LogP contribution in [0.4, 0.5) is 0 Å². The van der Waals surface area contributed by atoms with Crippen molar-refractivity contribution in [1.82, 2.24) is 10.6 Å². The summed E-state index contributed by atoms with van der Waals surface area (Å²) in [5.41, 5.74) is 7.03. The third-order valence-corrected chi connectivity index (χ3v) is 7.29. The van der Waals surface area contributed by atoms with Crippen LogP contribution in [-0.4, -0.2) is 47.1 Å². The smallest absolute Gasteiger partial charge is 0.326 e. The summed E-state index contributed by atoms with van der Waals surface area (Å²) >= 11 is 14.2. The van der Waals surface area contributed by atoms with Crippen LogP contribution in [0.25, 0.3) is 10.4 Å². The van der Waals surface area contributed by atoms with Gasteiger partial charge in [0.05, 0.1) is 28.0 Å². The number of carboxylic acids is 1. The number of nitrogens with two attached hydrogens (primary N) is 1. The summed E-state index contributed by atoms with van der Waals surface area (Å²) in [6.07, 6.45) is -0.219. The molecule has 204 valence electrons. The lowest BCUT2D eigenvalue weighted by molar-refractivity contribution is -0.139. The van der Waals surface area contributed by atoms with E-state index in [1.807, 2.05) is 19.1 Å². The Morgan fingerprint density at radius 1 is 1.05 bits per heavy atom. The average molecular weight is 590 g/mol. The van der Waals surface area contributed by atoms with Crippen molar-refractivity contribution in [3.63, 3.8) is 0 Å². The van der Waals surface area contributed by atoms with E-state index in [9.17, 15) is 24.3 Å². The molecule has 0 aliphatic carbocycles. The minimum absolute atomic E-state index is 0.0437. The Hall–Kier alpha value is -3.73. The number of carboxylic acid groups (broad SMARTS) is 1. The van der Waals surface area contributed by atoms with Gasteiger partial charge in [0.25, 0.3) is 11.8 Å². The molecule has 2 amide bonds. The van der Waals surface area contributed by atoms with Gasteiger partial charge < -0.3 is 21.5 Å². The van der Waals surface area contributed by atoms with Crippen LogP contribution < -0.4 is 16.4 Å². The predicted octanol–water partition coefficient (Wildman–Crippen LogP) is 4.47. The second kappa shape index (κ2) is 13.4. The maximum Gasteiger partial charge on any atom is 0.326 e. The van der Waals surface area contributed by atoms with Crippen molar-refractivity contribution in [1.29, 1.82) is 5.41 Å². The number of halogens is 2. The summed E-state index contributed by atoms with van der Waals surface area (Å²) in [7, 11) is 0. The fourth-order valence-corrected chi connectivity index (χ4v) is 5.24. The Morgan fingerprint density at radius 3 is 2.33 bits per heavy atom. The molecule has 0 radical (unpaired) electrons. The first-order valence-corrected chi connectivity index (χ1v) is 13.3. The number of nitrogens with one attached hydrogen (secondary N) is 3. The van der Waals surface area contributed by atoms with Gasteiger partial charge in [0.1, 0.15) is 6.04 Å². The highest BCUT2D eigenvalue weighted by atomic mass is 35.5. The molecule has 1 aromatic heterocycles. The molecular weight excluding hydrogens is 563 g/mol. The van der Waals surface area contributed by atoms with Crippen LogP contribution in [0.2, 0.25) is 10.0 Å². The number of hydrogen-bond donors (Lipinski definition) is 5. The number of carbonyl (C=O) groups is 4. The van der Waals surface area contributed by atoms with Gasteiger partial charge in [0.15, 0.2) is 5.78 Å². The number of benzene rings is 2. The minimum Gasteiger partial charge on any atom is -0.480 e. The zero-order valence-electron chi connectivity index (χ0n) is 20.8. The molecule has 6 N–H and O–H groups in total. The van der Waals surface area contributed by atoms with Crippen molar-refractivity contribution in [3.8, 4) is 10.4 Å². The van der Waals surface area contributed by atoms with Gasteiger partial charge in [0.2, 0.25) is 0 Å². The standard InChI is InChI=1S/C27H26Cl2N4O5S/c1-14-5-8-22(39-14)17-11-19(28)24(20(29)12-17)26(36)33-21(27(37)38)7-6-18(34)13-32-25(35)16-4-2-3-15(9-16)10-23(30)31/h2-5,8-9,11-12,21H,6-7,10,13H2,1H3,(H3,30,31)(H,32,35)(H,33,36)(H,37,38)/t21-/m0/s1. The van der Waals surface area contributed by atoms with E-state index in [1.165, 1.54) is 11.3 Å². The number of aryl methyl sites for hydroxylation is 1. The van der Waals surface area contributed by atoms with E-state index < -0.39 is 29.6 Å². The monoisotopic (exact) mass is 588 g/mol. The molecule has 0 spiro atoms. The van der Waals surface area contributed by atoms with Gasteiger partial charge >= 0.3 is 5.97 Å². The summed E-state index contributed by atoms with van der Waals surface area (Å²) in [4.78, 5) is 51.4. The Balaban J connectivity index is 1.57. The van der Waals surface area contributed by atoms with Crippen molar-refractivity contribution in [2.45, 2.75) is 32.2 Å². The van der Waals surface area contributed by atoms with Gasteiger partial charge in [-0.2, -0.15) is 0 Å². The quantitative estimate of drug-likeness (QED) is 0.155. The van der Waals surface area contributed by atoms with E-state index in [1.54, 1.807) is 36.4 Å². The molecule has 0 aliphatic rings. The van der Waals surface area contributed by atoms with Crippen molar-refractivity contribution < 1.29 is 24.3 Å². The highest BCUT2D eigenvalue weighted by Gasteiger charge is 2.25. The number of amidine groups is 1. The zero-order valence-corrected chi connectivity index (χ0v) is 23.2. The van der Waals surface area contributed by atoms with Crippen molar-refractivity contribution in [2.75, 3.05) is 6.54 Å². The zero-order chi connectivity index (χ0) is 28.7. The van der Waals surface area contributed by atoms with Crippen LogP contribution in [0.1, 0.15) is 44.0 Å². The number of ketones is 1. The first kappa shape index (κ1) is 29.8. The topological polar surface area (TPSA) is 162 Å². The summed E-state index contributed by atoms with van der Waals surface area (Å²) in [5, 5.41) is 21.9. The van der Waals surface area contributed by atoms with E-state index in [-0.39, 0.29) is 47.3 Å². The molecule has 9 nitrogen and oxygen atoms in total. The third kappa shape index (κ3) is 8.38. The summed E-state index contributed by atoms with van der Waals surface area (Å²) in [6.45, 7) is 1.64. The van der Waals surface area contributed by atoms with E-state index in [0.717, 1.165) is 15.3 Å². The lowest BCUT2D eigenvalue weighted by Gasteiger charge is -2.16. The first-order chi connectivity index (χ1) is 18.4. The first-order valence-electron chi connectivity index (χ1n) is 11.8. The molecule has 0 saturated heterocycles. The Morgan fingerprint density at radius 2 is 1.74 bits per heavy atom. The molecule has 1 atom stereocenters. The van der Waals surface area contributed by atoms with Gasteiger partial charge in [-0.3, -0.25) is 19.8 Å². The highest BCUT2D eigenvalue weighted by molar-refractivity contribution is 7.15. The van der Waals surface area contributed by atoms with E-state index in [2.05, 4.69) is 10.6 Å². The van der Waals surface area contributed by atoms with Gasteiger partial charge in [-0.1, -0.05) is 35.3 Å². The van der Waals surface area contributed by atoms with Gasteiger partial charge in [0, 0.05) is 28.2 Å². The molecule has 12 heteroatoms. The van der Waals surface area contributed by atoms with Gasteiger partial charge in [-0.25, -0.2) is 4.79 Å². The Labute approximate surface area is 238 Å². The Kier molecular flexibility index (Phi) is 10.2. The van der Waals surface area contributed by atoms with E-state index in [4.69, 9.17) is 34.3 Å². The second-order valence-corrected chi connectivity index (χ2v) is 10.9. The van der Waals surface area contributed by atoms with Crippen LogP contribution in [0, 0.1) is 12.3 Å². The summed E-state index contributed by atoms with van der Waals surface area (Å²) in [5.74, 6) is -3.08. The predicted molar refractivity (Wildman–Crippen MR) is 152 cm³/mol. The maximum absolute atomic E-state index is 12.9. The van der Waals surface area contributed by atoms with Crippen LogP contribution in [0.15, 0.2) is 48.5 Å². The normalized spacial score (nSPS) is 11.5. The van der Waals surface area contributed by atoms with Crippen LogP contribution >= 0.6 is 34.5 Å². The lowest BCUT2D eigenvalue weighted by atomic mass is 10.1. The number of thiophene rings is 1. The number of amides is 2. The molecule has 1 heterocycles. The number of carbonyl (C=O) groups excluding carboxylic acids is 3. The molecule has 39 heavy (non-hydrogen) atoms. The van der Waals surface area contributed by atoms with E-state index in [0.29, 0.717) is 11.1 Å². The largest absolute Gasteiger partial charge is 0.480 e. The lowest BCUT2D eigenvalue weighted by Crippen LogP contribution is -2.41. The molecule has 0 fully saturated rings. The Bertz CT molecular complexity index is 1420. The molecule has 0 aliphatic heterocycles. The SMILES string of the molecule is Cc1ccc(-c2cc(Cl)c(C(=O)N[C@@H](CCC(=O)CNC(=O)c3cccc(CC(=N)N)c3)C(=O)O)c(Cl)c2)s1. The molecule has 3 rings (SSSR count). The summed E-state index contributed by atoms with van der Waals surface area (Å²) in [6, 6.07) is 12.1. The van der Waals surface area contributed by atoms with Crippen LogP contribution in [0.3, 0.4) is 0 Å². The van der Waals surface area contributed by atoms with Crippen LogP contribution in [-0.2, 0) is 16.0 Å². The second-order valence-electron chi connectivity index (χ2n) is 8.75. The average Bonchev–Trinajstić information content (AvgIpc) is 3.30. The fourth-order valence-electron chi connectivity index (χ4n) is 3.73. The van der Waals surface area contributed by atoms with Crippen LogP contribution in [0.5, 0.6) is 0 Å². The minimum atomic E-state index is -1.38. The summed E-state index contributed by atoms with van der Waals surface area (Å²) < 4.78 is 0. The fraction of sp³-hybridized carbons (Fsp3) is 0.222. The number of aliphatic carboxylic acids is 1. The molecule has 3 aromatic rings. The molecule has 0 unspecified atom stereocenters. The number of hydrogen-bond acceptors (Lipinski definition) is 6. The third-order valence-electron chi connectivity index (χ3n) is 5.64.